The third-order valence-corrected chi connectivity index (χ3v) is 3.71. The molecule has 1 aromatic carbocycles. The first-order valence-electron chi connectivity index (χ1n) is 8.43. The maximum absolute atomic E-state index is 4.66. The quantitative estimate of drug-likeness (QED) is 0.285. The number of aliphatic imine (C=N–C) groups is 1. The Hall–Kier alpha value is -2.36. The maximum atomic E-state index is 4.66. The van der Waals surface area contributed by atoms with Crippen LogP contribution in [0.25, 0.3) is 11.4 Å². The molecule has 7 nitrogen and oxygen atoms in total. The molecule has 0 amide bonds. The van der Waals surface area contributed by atoms with Crippen LogP contribution in [0.4, 0.5) is 0 Å². The Balaban J connectivity index is 0.00000243. The molecule has 0 aliphatic rings. The molecule has 0 aliphatic carbocycles. The summed E-state index contributed by atoms with van der Waals surface area (Å²) in [5, 5.41) is 13.4. The Morgan fingerprint density at radius 1 is 1.19 bits per heavy atom. The minimum Gasteiger partial charge on any atom is -0.357 e. The third-order valence-electron chi connectivity index (χ3n) is 3.71. The van der Waals surface area contributed by atoms with Crippen LogP contribution in [0.5, 0.6) is 0 Å². The highest BCUT2D eigenvalue weighted by Gasteiger charge is 2.02. The summed E-state index contributed by atoms with van der Waals surface area (Å²) in [5.41, 5.74) is 2.13. The van der Waals surface area contributed by atoms with Gasteiger partial charge in [0.15, 0.2) is 11.8 Å². The van der Waals surface area contributed by atoms with E-state index in [1.54, 1.807) is 0 Å². The predicted molar refractivity (Wildman–Crippen MR) is 114 cm³/mol. The molecular formula is C18H24IN7. The van der Waals surface area contributed by atoms with Crippen molar-refractivity contribution in [1.82, 2.24) is 30.4 Å². The van der Waals surface area contributed by atoms with E-state index in [9.17, 15) is 0 Å². The van der Waals surface area contributed by atoms with Crippen LogP contribution in [0.3, 0.4) is 0 Å². The average Bonchev–Trinajstić information content (AvgIpc) is 3.34. The molecule has 0 radical (unpaired) electrons. The summed E-state index contributed by atoms with van der Waals surface area (Å²) in [7, 11) is 0. The number of halogens is 1. The Kier molecular flexibility index (Phi) is 8.13. The zero-order valence-corrected chi connectivity index (χ0v) is 17.1. The van der Waals surface area contributed by atoms with Crippen LogP contribution in [0.2, 0.25) is 0 Å². The van der Waals surface area contributed by atoms with E-state index in [4.69, 9.17) is 0 Å². The lowest BCUT2D eigenvalue weighted by atomic mass is 10.1. The second kappa shape index (κ2) is 10.6. The summed E-state index contributed by atoms with van der Waals surface area (Å²) >= 11 is 0. The molecular weight excluding hydrogens is 441 g/mol. The molecule has 0 unspecified atom stereocenters. The Bertz CT molecular complexity index is 782. The van der Waals surface area contributed by atoms with Gasteiger partial charge in [-0.25, -0.2) is 9.98 Å². The molecule has 0 spiro atoms. The highest BCUT2D eigenvalue weighted by Crippen LogP contribution is 2.15. The number of hydrogen-bond donors (Lipinski definition) is 3. The van der Waals surface area contributed by atoms with Crippen LogP contribution < -0.4 is 10.6 Å². The molecule has 0 saturated carbocycles. The number of guanidine groups is 1. The molecule has 0 bridgehead atoms. The number of rotatable bonds is 7. The molecule has 3 N–H and O–H groups in total. The molecule has 26 heavy (non-hydrogen) atoms. The molecule has 8 heteroatoms. The van der Waals surface area contributed by atoms with Crippen molar-refractivity contribution >= 4 is 29.9 Å². The molecule has 2 aromatic heterocycles. The summed E-state index contributed by atoms with van der Waals surface area (Å²) in [5.74, 6) is 1.59. The molecule has 0 saturated heterocycles. The van der Waals surface area contributed by atoms with Gasteiger partial charge < -0.3 is 15.2 Å². The molecule has 3 rings (SSSR count). The Morgan fingerprint density at radius 3 is 2.77 bits per heavy atom. The summed E-state index contributed by atoms with van der Waals surface area (Å²) in [4.78, 5) is 8.85. The zero-order valence-electron chi connectivity index (χ0n) is 14.7. The molecule has 0 aliphatic heterocycles. The van der Waals surface area contributed by atoms with Crippen molar-refractivity contribution in [2.24, 2.45) is 4.99 Å². The lowest BCUT2D eigenvalue weighted by Gasteiger charge is -2.12. The SMILES string of the molecule is CCNC(=NCc1cccc(-c2ncn[nH]2)c1)NCCn1cccc1.I. The van der Waals surface area contributed by atoms with Crippen molar-refractivity contribution in [2.45, 2.75) is 20.0 Å². The van der Waals surface area contributed by atoms with E-state index in [2.05, 4.69) is 66.8 Å². The van der Waals surface area contributed by atoms with Crippen molar-refractivity contribution in [3.63, 3.8) is 0 Å². The van der Waals surface area contributed by atoms with E-state index in [-0.39, 0.29) is 24.0 Å². The van der Waals surface area contributed by atoms with E-state index >= 15 is 0 Å². The van der Waals surface area contributed by atoms with Crippen molar-refractivity contribution in [3.05, 3.63) is 60.7 Å². The van der Waals surface area contributed by atoms with E-state index in [0.29, 0.717) is 6.54 Å². The van der Waals surface area contributed by atoms with E-state index in [1.165, 1.54) is 6.33 Å². The second-order valence-corrected chi connectivity index (χ2v) is 5.58. The van der Waals surface area contributed by atoms with Gasteiger partial charge in [0, 0.05) is 37.6 Å². The highest BCUT2D eigenvalue weighted by molar-refractivity contribution is 14.0. The lowest BCUT2D eigenvalue weighted by Crippen LogP contribution is -2.38. The van der Waals surface area contributed by atoms with Gasteiger partial charge in [-0.1, -0.05) is 18.2 Å². The monoisotopic (exact) mass is 465 g/mol. The fraction of sp³-hybridized carbons (Fsp3) is 0.278. The minimum absolute atomic E-state index is 0. The first-order chi connectivity index (χ1) is 12.3. The average molecular weight is 465 g/mol. The van der Waals surface area contributed by atoms with E-state index in [1.807, 2.05) is 24.3 Å². The Labute approximate surface area is 170 Å². The van der Waals surface area contributed by atoms with Crippen LogP contribution >= 0.6 is 24.0 Å². The predicted octanol–water partition coefficient (Wildman–Crippen LogP) is 2.65. The topological polar surface area (TPSA) is 82.9 Å². The lowest BCUT2D eigenvalue weighted by molar-refractivity contribution is 0.666. The van der Waals surface area contributed by atoms with Gasteiger partial charge in [-0.3, -0.25) is 5.10 Å². The number of nitrogens with one attached hydrogen (secondary N) is 3. The van der Waals surface area contributed by atoms with Gasteiger partial charge in [-0.05, 0) is 30.7 Å². The summed E-state index contributed by atoms with van der Waals surface area (Å²) in [6.45, 7) is 5.21. The van der Waals surface area contributed by atoms with Gasteiger partial charge in [0.2, 0.25) is 0 Å². The van der Waals surface area contributed by atoms with E-state index in [0.717, 1.165) is 42.5 Å². The number of nitrogens with zero attached hydrogens (tertiary/aromatic N) is 4. The van der Waals surface area contributed by atoms with E-state index < -0.39 is 0 Å². The summed E-state index contributed by atoms with van der Waals surface area (Å²) in [6.07, 6.45) is 5.62. The first kappa shape index (κ1) is 20.0. The molecule has 0 atom stereocenters. The van der Waals surface area contributed by atoms with Gasteiger partial charge in [-0.15, -0.1) is 24.0 Å². The fourth-order valence-electron chi connectivity index (χ4n) is 2.50. The number of hydrogen-bond acceptors (Lipinski definition) is 3. The zero-order chi connectivity index (χ0) is 17.3. The number of benzene rings is 1. The molecule has 0 fully saturated rings. The standard InChI is InChI=1S/C18H23N7.HI/c1-2-19-18(20-8-11-25-9-3-4-10-25)21-13-15-6-5-7-16(12-15)17-22-14-23-24-17;/h3-7,9-10,12,14H,2,8,11,13H2,1H3,(H2,19,20,21)(H,22,23,24);1H. The van der Waals surface area contributed by atoms with Gasteiger partial charge in [0.25, 0.3) is 0 Å². The van der Waals surface area contributed by atoms with Crippen LogP contribution in [-0.4, -0.2) is 38.8 Å². The molecule has 2 heterocycles. The smallest absolute Gasteiger partial charge is 0.191 e. The van der Waals surface area contributed by atoms with Crippen molar-refractivity contribution in [1.29, 1.82) is 0 Å². The first-order valence-corrected chi connectivity index (χ1v) is 8.43. The largest absolute Gasteiger partial charge is 0.357 e. The fourth-order valence-corrected chi connectivity index (χ4v) is 2.50. The van der Waals surface area contributed by atoms with Gasteiger partial charge in [0.1, 0.15) is 6.33 Å². The number of aromatic nitrogens is 4. The molecule has 3 aromatic rings. The van der Waals surface area contributed by atoms with Gasteiger partial charge in [0.05, 0.1) is 6.54 Å². The van der Waals surface area contributed by atoms with Crippen molar-refractivity contribution in [2.75, 3.05) is 13.1 Å². The third kappa shape index (κ3) is 5.87. The summed E-state index contributed by atoms with van der Waals surface area (Å²) < 4.78 is 2.14. The van der Waals surface area contributed by atoms with Crippen LogP contribution in [-0.2, 0) is 13.1 Å². The Morgan fingerprint density at radius 2 is 2.04 bits per heavy atom. The maximum Gasteiger partial charge on any atom is 0.191 e. The second-order valence-electron chi connectivity index (χ2n) is 5.58. The minimum atomic E-state index is 0. The molecule has 138 valence electrons. The van der Waals surface area contributed by atoms with Crippen molar-refractivity contribution in [3.8, 4) is 11.4 Å². The normalized spacial score (nSPS) is 11.0. The number of H-pyrrole nitrogens is 1. The van der Waals surface area contributed by atoms with Gasteiger partial charge in [-0.2, -0.15) is 5.10 Å². The van der Waals surface area contributed by atoms with Crippen LogP contribution in [0, 0.1) is 0 Å². The highest BCUT2D eigenvalue weighted by atomic mass is 127. The van der Waals surface area contributed by atoms with Crippen LogP contribution in [0.1, 0.15) is 12.5 Å². The summed E-state index contributed by atoms with van der Waals surface area (Å²) in [6, 6.07) is 12.2. The number of aromatic amines is 1. The van der Waals surface area contributed by atoms with Crippen LogP contribution in [0.15, 0.2) is 60.1 Å². The van der Waals surface area contributed by atoms with Crippen molar-refractivity contribution < 1.29 is 0 Å². The van der Waals surface area contributed by atoms with Gasteiger partial charge >= 0.3 is 0 Å².